The zero-order chi connectivity index (χ0) is 25.4. The number of thiocarbonyl (C=S) groups is 1. The zero-order valence-corrected chi connectivity index (χ0v) is 18.0. The largest absolute Gasteiger partial charge is 0.416 e. The maximum absolute atomic E-state index is 12.5. The van der Waals surface area contributed by atoms with Gasteiger partial charge < -0.3 is 10.9 Å². The van der Waals surface area contributed by atoms with E-state index in [1.165, 1.54) is 18.0 Å². The number of hydrazine groups is 1. The van der Waals surface area contributed by atoms with Crippen LogP contribution in [0, 0.1) is 13.8 Å². The molecule has 1 heterocycles. The molecular weight excluding hydrogens is 474 g/mol. The van der Waals surface area contributed by atoms with E-state index in [9.17, 15) is 26.3 Å². The molecule has 0 aliphatic heterocycles. The monoisotopic (exact) mass is 494 g/mol. The van der Waals surface area contributed by atoms with Crippen LogP contribution in [0.1, 0.15) is 27.8 Å². The minimum Gasteiger partial charge on any atom is -0.389 e. The number of rotatable bonds is 2. The molecule has 0 saturated carbocycles. The Morgan fingerprint density at radius 2 is 1.42 bits per heavy atom. The highest BCUT2D eigenvalue weighted by atomic mass is 32.1. The maximum atomic E-state index is 12.5. The second-order valence-electron chi connectivity index (χ2n) is 6.50. The molecule has 0 saturated heterocycles. The first-order chi connectivity index (χ1) is 15.2. The third kappa shape index (κ3) is 9.13. The minimum atomic E-state index is -4.36. The van der Waals surface area contributed by atoms with Crippen molar-refractivity contribution >= 4 is 17.2 Å². The highest BCUT2D eigenvalue weighted by Crippen LogP contribution is 2.32. The van der Waals surface area contributed by atoms with Crippen molar-refractivity contribution in [2.45, 2.75) is 26.2 Å². The van der Waals surface area contributed by atoms with E-state index in [-0.39, 0.29) is 10.6 Å². The lowest BCUT2D eigenvalue weighted by atomic mass is 10.1. The summed E-state index contributed by atoms with van der Waals surface area (Å²) in [5.74, 6) is 4.48. The molecule has 33 heavy (non-hydrogen) atoms. The molecule has 14 heteroatoms. The lowest BCUT2D eigenvalue weighted by Crippen LogP contribution is -2.14. The van der Waals surface area contributed by atoms with E-state index in [0.29, 0.717) is 22.5 Å². The fourth-order valence-corrected chi connectivity index (χ4v) is 2.63. The van der Waals surface area contributed by atoms with E-state index in [1.54, 1.807) is 19.9 Å². The fraction of sp³-hybridized carbons (Fsp3) is 0.211. The van der Waals surface area contributed by atoms with Gasteiger partial charge in [-0.1, -0.05) is 12.2 Å². The van der Waals surface area contributed by atoms with Crippen LogP contribution in [0.4, 0.5) is 26.3 Å². The predicted octanol–water partition coefficient (Wildman–Crippen LogP) is 4.29. The summed E-state index contributed by atoms with van der Waals surface area (Å²) in [6.45, 7) is 3.17. The number of benzene rings is 2. The Balaban J connectivity index is 0.000000298. The second-order valence-corrected chi connectivity index (χ2v) is 6.94. The Morgan fingerprint density at radius 3 is 1.85 bits per heavy atom. The number of nitrogens with one attached hydrogen (secondary N) is 2. The molecule has 0 radical (unpaired) electrons. The van der Waals surface area contributed by atoms with Crippen LogP contribution in [0.15, 0.2) is 42.7 Å². The van der Waals surface area contributed by atoms with Gasteiger partial charge in [0.1, 0.15) is 11.3 Å². The number of nitrogens with two attached hydrogens (primary N) is 2. The van der Waals surface area contributed by atoms with Gasteiger partial charge in [-0.25, -0.2) is 10.8 Å². The summed E-state index contributed by atoms with van der Waals surface area (Å²) >= 11 is 4.61. The second kappa shape index (κ2) is 11.7. The van der Waals surface area contributed by atoms with E-state index in [2.05, 4.69) is 33.2 Å². The molecule has 2 aromatic carbocycles. The Kier molecular flexibility index (Phi) is 9.91. The summed E-state index contributed by atoms with van der Waals surface area (Å²) in [6, 6.07) is 7.30. The number of H-pyrrole nitrogens is 1. The highest BCUT2D eigenvalue weighted by Gasteiger charge is 2.31. The molecular formula is C19H20F6N6OS. The fourth-order valence-electron chi connectivity index (χ4n) is 2.52. The minimum absolute atomic E-state index is 0.0285. The molecule has 0 unspecified atom stereocenters. The Labute approximate surface area is 189 Å². The summed E-state index contributed by atoms with van der Waals surface area (Å²) in [5, 5.41) is 13.2. The molecule has 3 rings (SSSR count). The first kappa shape index (κ1) is 28.0. The number of hydrogen-bond acceptors (Lipinski definition) is 6. The van der Waals surface area contributed by atoms with Gasteiger partial charge >= 0.3 is 12.4 Å². The molecule has 7 N–H and O–H groups in total. The quantitative estimate of drug-likeness (QED) is 0.156. The van der Waals surface area contributed by atoms with Gasteiger partial charge in [0.2, 0.25) is 0 Å². The maximum Gasteiger partial charge on any atom is 0.416 e. The molecule has 0 aliphatic rings. The van der Waals surface area contributed by atoms with E-state index in [4.69, 9.17) is 10.9 Å². The Morgan fingerprint density at radius 1 is 0.939 bits per heavy atom. The van der Waals surface area contributed by atoms with Crippen molar-refractivity contribution in [2.75, 3.05) is 0 Å². The zero-order valence-electron chi connectivity index (χ0n) is 17.2. The summed E-state index contributed by atoms with van der Waals surface area (Å²) in [4.78, 5) is 3.79. The van der Waals surface area contributed by atoms with Crippen molar-refractivity contribution in [1.82, 2.24) is 20.8 Å². The van der Waals surface area contributed by atoms with Gasteiger partial charge in [-0.2, -0.15) is 31.4 Å². The van der Waals surface area contributed by atoms with Crippen LogP contribution in [0.5, 0.6) is 0 Å². The van der Waals surface area contributed by atoms with Gasteiger partial charge in [-0.15, -0.1) is 5.59 Å². The van der Waals surface area contributed by atoms with E-state index >= 15 is 0 Å². The molecule has 0 aliphatic carbocycles. The van der Waals surface area contributed by atoms with Crippen LogP contribution >= 0.6 is 12.2 Å². The van der Waals surface area contributed by atoms with Crippen molar-refractivity contribution < 1.29 is 31.5 Å². The van der Waals surface area contributed by atoms with Crippen molar-refractivity contribution in [2.24, 2.45) is 11.6 Å². The van der Waals surface area contributed by atoms with Gasteiger partial charge in [-0.3, -0.25) is 5.10 Å². The molecule has 1 aromatic heterocycles. The van der Waals surface area contributed by atoms with Crippen LogP contribution in [0.2, 0.25) is 0 Å². The molecule has 7 nitrogen and oxygen atoms in total. The van der Waals surface area contributed by atoms with Crippen LogP contribution in [0.25, 0.3) is 11.4 Å². The summed E-state index contributed by atoms with van der Waals surface area (Å²) in [7, 11) is 0. The SMILES string of the molecule is Cc1cc(-c2ncn[nH]2)cc(C(F)(F)F)c1.Cc1cc(C(N)=S)cc(C(F)(F)F)c1.NNO. The number of aromatic nitrogens is 3. The highest BCUT2D eigenvalue weighted by molar-refractivity contribution is 7.80. The topological polar surface area (TPSA) is 126 Å². The van der Waals surface area contributed by atoms with Crippen molar-refractivity contribution in [3.05, 3.63) is 70.5 Å². The van der Waals surface area contributed by atoms with E-state index in [1.807, 2.05) is 0 Å². The van der Waals surface area contributed by atoms with Crippen LogP contribution in [-0.2, 0) is 12.4 Å². The van der Waals surface area contributed by atoms with E-state index in [0.717, 1.165) is 24.3 Å². The van der Waals surface area contributed by atoms with E-state index < -0.39 is 23.5 Å². The van der Waals surface area contributed by atoms with Gasteiger partial charge in [0, 0.05) is 11.1 Å². The Hall–Kier alpha value is -3.07. The number of aromatic amines is 1. The average Bonchev–Trinajstić information content (AvgIpc) is 3.22. The molecule has 0 bridgehead atoms. The van der Waals surface area contributed by atoms with Crippen LogP contribution in [-0.4, -0.2) is 25.4 Å². The summed E-state index contributed by atoms with van der Waals surface area (Å²) in [6.07, 6.45) is -7.45. The number of nitrogens with zero attached hydrogens (tertiary/aromatic N) is 2. The van der Waals surface area contributed by atoms with Gasteiger partial charge in [0.05, 0.1) is 11.1 Å². The van der Waals surface area contributed by atoms with Crippen LogP contribution < -0.4 is 17.2 Å². The van der Waals surface area contributed by atoms with Gasteiger partial charge in [0.25, 0.3) is 0 Å². The third-order valence-corrected chi connectivity index (χ3v) is 4.02. The molecule has 0 amide bonds. The molecule has 3 aromatic rings. The summed E-state index contributed by atoms with van der Waals surface area (Å²) < 4.78 is 74.6. The molecule has 0 fully saturated rings. The average molecular weight is 494 g/mol. The molecule has 180 valence electrons. The lowest BCUT2D eigenvalue weighted by Gasteiger charge is -2.09. The number of hydrogen-bond donors (Lipinski definition) is 5. The number of alkyl halides is 6. The normalized spacial score (nSPS) is 11.1. The smallest absolute Gasteiger partial charge is 0.389 e. The molecule has 0 atom stereocenters. The van der Waals surface area contributed by atoms with Gasteiger partial charge in [0.15, 0.2) is 5.82 Å². The first-order valence-electron chi connectivity index (χ1n) is 8.82. The standard InChI is InChI=1S/C10H8F3N3.C9H8F3NS.H4N2O/c1-6-2-7(9-14-5-15-16-9)4-8(3-6)10(11,12)13;1-5-2-6(8(13)14)4-7(3-5)9(10,11)12;1-2-3/h2-5H,1H3,(H,14,15,16);2-4H,1H3,(H2,13,14);2-3H,1H2. The van der Waals surface area contributed by atoms with Crippen molar-refractivity contribution in [3.63, 3.8) is 0 Å². The predicted molar refractivity (Wildman–Crippen MR) is 113 cm³/mol. The summed E-state index contributed by atoms with van der Waals surface area (Å²) in [5.41, 5.74) is 6.75. The van der Waals surface area contributed by atoms with Crippen molar-refractivity contribution in [3.8, 4) is 11.4 Å². The Bertz CT molecular complexity index is 1050. The number of halogens is 6. The third-order valence-electron chi connectivity index (χ3n) is 3.78. The first-order valence-corrected chi connectivity index (χ1v) is 9.22. The lowest BCUT2D eigenvalue weighted by molar-refractivity contribution is -0.138. The van der Waals surface area contributed by atoms with Crippen molar-refractivity contribution in [1.29, 1.82) is 0 Å². The number of aryl methyl sites for hydroxylation is 2. The van der Waals surface area contributed by atoms with Gasteiger partial charge in [-0.05, 0) is 61.4 Å². The molecule has 0 spiro atoms. The van der Waals surface area contributed by atoms with Crippen LogP contribution in [0.3, 0.4) is 0 Å².